The van der Waals surface area contributed by atoms with Gasteiger partial charge in [-0.2, -0.15) is 0 Å². The number of hydrogen-bond acceptors (Lipinski definition) is 5. The highest BCUT2D eigenvalue weighted by atomic mass is 32.1. The van der Waals surface area contributed by atoms with Crippen molar-refractivity contribution in [3.05, 3.63) is 16.6 Å². The lowest BCUT2D eigenvalue weighted by atomic mass is 10.3. The lowest BCUT2D eigenvalue weighted by Gasteiger charge is -2.11. The van der Waals surface area contributed by atoms with Gasteiger partial charge in [0.2, 0.25) is 0 Å². The normalized spacial score (nSPS) is 12.9. The molecule has 0 radical (unpaired) electrons. The van der Waals surface area contributed by atoms with E-state index in [9.17, 15) is 0 Å². The Bertz CT molecular complexity index is 242. The molecule has 86 valence electrons. The van der Waals surface area contributed by atoms with Crippen molar-refractivity contribution >= 4 is 11.3 Å². The van der Waals surface area contributed by atoms with Crippen molar-refractivity contribution < 1.29 is 9.84 Å². The second kappa shape index (κ2) is 7.76. The molecule has 0 aromatic carbocycles. The summed E-state index contributed by atoms with van der Waals surface area (Å²) >= 11 is 1.67. The molecule has 1 rings (SSSR count). The molecule has 1 aromatic rings. The van der Waals surface area contributed by atoms with Crippen molar-refractivity contribution in [2.24, 2.45) is 0 Å². The van der Waals surface area contributed by atoms with Gasteiger partial charge in [0.1, 0.15) is 0 Å². The first-order chi connectivity index (χ1) is 7.34. The Balaban J connectivity index is 2.00. The first-order valence-electron chi connectivity index (χ1n) is 5.15. The van der Waals surface area contributed by atoms with Gasteiger partial charge >= 0.3 is 0 Å². The minimum absolute atomic E-state index is 0.102. The maximum atomic E-state index is 8.49. The van der Waals surface area contributed by atoms with E-state index in [1.165, 1.54) is 4.88 Å². The molecule has 0 aliphatic carbocycles. The van der Waals surface area contributed by atoms with Crippen molar-refractivity contribution in [2.75, 3.05) is 26.4 Å². The van der Waals surface area contributed by atoms with E-state index in [-0.39, 0.29) is 6.61 Å². The number of ether oxygens (including phenoxy) is 1. The maximum Gasteiger partial charge on any atom is 0.0794 e. The third kappa shape index (κ3) is 5.22. The minimum Gasteiger partial charge on any atom is -0.394 e. The molecule has 1 heterocycles. The van der Waals surface area contributed by atoms with Crippen LogP contribution in [0.5, 0.6) is 0 Å². The van der Waals surface area contributed by atoms with E-state index in [2.05, 4.69) is 17.2 Å². The lowest BCUT2D eigenvalue weighted by molar-refractivity contribution is 0.0905. The van der Waals surface area contributed by atoms with Crippen LogP contribution in [-0.4, -0.2) is 36.5 Å². The number of hydrogen-bond donors (Lipinski definition) is 2. The maximum absolute atomic E-state index is 8.49. The third-order valence-corrected chi connectivity index (χ3v) is 2.99. The van der Waals surface area contributed by atoms with E-state index < -0.39 is 0 Å². The fourth-order valence-corrected chi connectivity index (χ4v) is 1.85. The highest BCUT2D eigenvalue weighted by Crippen LogP contribution is 2.15. The number of aliphatic hydroxyl groups excluding tert-OH is 1. The summed E-state index contributed by atoms with van der Waals surface area (Å²) in [5.41, 5.74) is 1.85. The second-order valence-electron chi connectivity index (χ2n) is 3.27. The lowest BCUT2D eigenvalue weighted by Crippen LogP contribution is -2.20. The Morgan fingerprint density at radius 1 is 1.60 bits per heavy atom. The first kappa shape index (κ1) is 12.6. The van der Waals surface area contributed by atoms with E-state index in [0.717, 1.165) is 13.0 Å². The van der Waals surface area contributed by atoms with Gasteiger partial charge in [-0.15, -0.1) is 11.3 Å². The standard InChI is InChI=1S/C10H18N2O2S/c1-9(10-7-11-8-15-10)12-3-2-5-14-6-4-13/h7-9,12-13H,2-6H2,1H3. The molecule has 1 aromatic heterocycles. The molecule has 1 atom stereocenters. The molecule has 0 aliphatic rings. The summed E-state index contributed by atoms with van der Waals surface area (Å²) in [5.74, 6) is 0. The molecule has 1 unspecified atom stereocenters. The van der Waals surface area contributed by atoms with Crippen LogP contribution in [0, 0.1) is 0 Å². The van der Waals surface area contributed by atoms with Gasteiger partial charge in [0.25, 0.3) is 0 Å². The zero-order valence-corrected chi connectivity index (χ0v) is 9.80. The van der Waals surface area contributed by atoms with Crippen LogP contribution in [0.25, 0.3) is 0 Å². The van der Waals surface area contributed by atoms with Crippen LogP contribution in [-0.2, 0) is 4.74 Å². The Kier molecular flexibility index (Phi) is 6.50. The summed E-state index contributed by atoms with van der Waals surface area (Å²) in [6.07, 6.45) is 2.85. The van der Waals surface area contributed by atoms with Crippen LogP contribution in [0.15, 0.2) is 11.7 Å². The predicted molar refractivity (Wildman–Crippen MR) is 61.1 cm³/mol. The molecular formula is C10H18N2O2S. The molecule has 0 saturated heterocycles. The first-order valence-corrected chi connectivity index (χ1v) is 6.03. The fourth-order valence-electron chi connectivity index (χ4n) is 1.20. The van der Waals surface area contributed by atoms with Crippen molar-refractivity contribution in [2.45, 2.75) is 19.4 Å². The van der Waals surface area contributed by atoms with E-state index in [1.54, 1.807) is 11.3 Å². The van der Waals surface area contributed by atoms with Crippen LogP contribution >= 0.6 is 11.3 Å². The van der Waals surface area contributed by atoms with Crippen LogP contribution in [0.3, 0.4) is 0 Å². The Labute approximate surface area is 94.3 Å². The topological polar surface area (TPSA) is 54.4 Å². The van der Waals surface area contributed by atoms with Gasteiger partial charge in [-0.3, -0.25) is 4.98 Å². The summed E-state index contributed by atoms with van der Waals surface area (Å²) in [4.78, 5) is 5.29. The highest BCUT2D eigenvalue weighted by molar-refractivity contribution is 7.09. The van der Waals surface area contributed by atoms with Gasteiger partial charge in [0, 0.05) is 23.7 Å². The Morgan fingerprint density at radius 3 is 3.13 bits per heavy atom. The summed E-state index contributed by atoms with van der Waals surface area (Å²) in [6.45, 7) is 4.28. The van der Waals surface area contributed by atoms with Crippen molar-refractivity contribution in [3.63, 3.8) is 0 Å². The number of aromatic nitrogens is 1. The molecule has 2 N–H and O–H groups in total. The van der Waals surface area contributed by atoms with E-state index >= 15 is 0 Å². The third-order valence-electron chi connectivity index (χ3n) is 2.03. The summed E-state index contributed by atoms with van der Waals surface area (Å²) in [6, 6.07) is 0.357. The van der Waals surface area contributed by atoms with E-state index in [1.807, 2.05) is 11.7 Å². The molecule has 4 nitrogen and oxygen atoms in total. The number of rotatable bonds is 8. The van der Waals surface area contributed by atoms with Gasteiger partial charge in [-0.1, -0.05) is 0 Å². The van der Waals surface area contributed by atoms with Crippen molar-refractivity contribution in [1.82, 2.24) is 10.3 Å². The number of nitrogens with zero attached hydrogens (tertiary/aromatic N) is 1. The monoisotopic (exact) mass is 230 g/mol. The summed E-state index contributed by atoms with van der Waals surface area (Å²) < 4.78 is 5.16. The highest BCUT2D eigenvalue weighted by Gasteiger charge is 2.04. The number of nitrogens with one attached hydrogen (secondary N) is 1. The number of thiazole rings is 1. The largest absolute Gasteiger partial charge is 0.394 e. The molecule has 0 aliphatic heterocycles. The fraction of sp³-hybridized carbons (Fsp3) is 0.700. The van der Waals surface area contributed by atoms with Gasteiger partial charge in [0.05, 0.1) is 18.7 Å². The van der Waals surface area contributed by atoms with Crippen LogP contribution in [0.1, 0.15) is 24.3 Å². The SMILES string of the molecule is CC(NCCCOCCO)c1cncs1. The van der Waals surface area contributed by atoms with Crippen molar-refractivity contribution in [3.8, 4) is 0 Å². The smallest absolute Gasteiger partial charge is 0.0794 e. The van der Waals surface area contributed by atoms with Crippen LogP contribution in [0.4, 0.5) is 0 Å². The molecule has 0 amide bonds. The minimum atomic E-state index is 0.102. The molecule has 5 heteroatoms. The zero-order chi connectivity index (χ0) is 10.9. The average Bonchev–Trinajstić information content (AvgIpc) is 2.76. The van der Waals surface area contributed by atoms with Crippen LogP contribution < -0.4 is 5.32 Å². The molecule has 0 saturated carbocycles. The van der Waals surface area contributed by atoms with Crippen LogP contribution in [0.2, 0.25) is 0 Å². The Morgan fingerprint density at radius 2 is 2.47 bits per heavy atom. The quantitative estimate of drug-likeness (QED) is 0.659. The van der Waals surface area contributed by atoms with E-state index in [4.69, 9.17) is 9.84 Å². The Hall–Kier alpha value is -0.490. The predicted octanol–water partition coefficient (Wildman–Crippen LogP) is 1.19. The molecular weight excluding hydrogens is 212 g/mol. The summed E-state index contributed by atoms with van der Waals surface area (Å²) in [5, 5.41) is 11.9. The van der Waals surface area contributed by atoms with Gasteiger partial charge in [-0.05, 0) is 19.9 Å². The number of aliphatic hydroxyl groups is 1. The zero-order valence-electron chi connectivity index (χ0n) is 8.98. The molecule has 0 spiro atoms. The molecule has 0 bridgehead atoms. The summed E-state index contributed by atoms with van der Waals surface area (Å²) in [7, 11) is 0. The molecule has 0 fully saturated rings. The van der Waals surface area contributed by atoms with Crippen molar-refractivity contribution in [1.29, 1.82) is 0 Å². The second-order valence-corrected chi connectivity index (χ2v) is 4.19. The van der Waals surface area contributed by atoms with Gasteiger partial charge < -0.3 is 15.2 Å². The molecule has 15 heavy (non-hydrogen) atoms. The van der Waals surface area contributed by atoms with Gasteiger partial charge in [-0.25, -0.2) is 0 Å². The van der Waals surface area contributed by atoms with E-state index in [0.29, 0.717) is 19.3 Å². The van der Waals surface area contributed by atoms with Gasteiger partial charge in [0.15, 0.2) is 0 Å². The average molecular weight is 230 g/mol.